The van der Waals surface area contributed by atoms with Crippen molar-refractivity contribution in [3.8, 4) is 0 Å². The number of halogens is 1. The highest BCUT2D eigenvalue weighted by Gasteiger charge is 2.34. The Morgan fingerprint density at radius 3 is 1.86 bits per heavy atom. The molecule has 7 nitrogen and oxygen atoms in total. The maximum absolute atomic E-state index is 14.4. The zero-order valence-electron chi connectivity index (χ0n) is 24.3. The van der Waals surface area contributed by atoms with E-state index in [-0.39, 0.29) is 35.4 Å². The van der Waals surface area contributed by atoms with Crippen molar-refractivity contribution in [1.29, 1.82) is 0 Å². The van der Waals surface area contributed by atoms with Crippen LogP contribution in [0.15, 0.2) is 120 Å². The van der Waals surface area contributed by atoms with E-state index >= 15 is 0 Å². The Balaban J connectivity index is 1.77. The van der Waals surface area contributed by atoms with E-state index in [9.17, 15) is 18.0 Å². The van der Waals surface area contributed by atoms with Crippen LogP contribution in [0, 0.1) is 5.92 Å². The lowest BCUT2D eigenvalue weighted by atomic mass is 10.0. The fourth-order valence-electron chi connectivity index (χ4n) is 4.61. The lowest BCUT2D eigenvalue weighted by Gasteiger charge is -2.34. The highest BCUT2D eigenvalue weighted by molar-refractivity contribution is 7.92. The highest BCUT2D eigenvalue weighted by Crippen LogP contribution is 2.26. The summed E-state index contributed by atoms with van der Waals surface area (Å²) in [6.45, 7) is 4.03. The van der Waals surface area contributed by atoms with Gasteiger partial charge in [-0.25, -0.2) is 8.42 Å². The molecule has 0 aliphatic heterocycles. The van der Waals surface area contributed by atoms with Crippen LogP contribution in [0.1, 0.15) is 25.0 Å². The van der Waals surface area contributed by atoms with E-state index in [1.54, 1.807) is 42.5 Å². The molecule has 0 aliphatic carbocycles. The molecule has 0 radical (unpaired) electrons. The summed E-state index contributed by atoms with van der Waals surface area (Å²) in [4.78, 5) is 29.6. The normalized spacial score (nSPS) is 12.0. The van der Waals surface area contributed by atoms with Crippen molar-refractivity contribution in [3.05, 3.63) is 131 Å². The largest absolute Gasteiger partial charge is 0.354 e. The van der Waals surface area contributed by atoms with Crippen molar-refractivity contribution in [2.75, 3.05) is 17.4 Å². The summed E-state index contributed by atoms with van der Waals surface area (Å²) in [5.41, 5.74) is 1.98. The Morgan fingerprint density at radius 1 is 0.767 bits per heavy atom. The molecule has 4 aromatic rings. The average Bonchev–Trinajstić information content (AvgIpc) is 3.02. The molecule has 4 rings (SSSR count). The first-order valence-corrected chi connectivity index (χ1v) is 16.0. The molecule has 4 aromatic carbocycles. The van der Waals surface area contributed by atoms with Gasteiger partial charge in [-0.3, -0.25) is 13.9 Å². The minimum Gasteiger partial charge on any atom is -0.354 e. The standard InChI is InChI=1S/C34H36ClN3O4S/c1-26(2)23-36-34(40)32(22-27-12-6-3-7-13-27)37(24-28-14-8-4-9-15-28)33(39)25-38(30-20-18-29(35)19-21-30)43(41,42)31-16-10-5-11-17-31/h3-21,26,32H,22-25H2,1-2H3,(H,36,40). The van der Waals surface area contributed by atoms with E-state index in [0.717, 1.165) is 15.4 Å². The zero-order chi connectivity index (χ0) is 30.8. The van der Waals surface area contributed by atoms with Gasteiger partial charge in [0.15, 0.2) is 0 Å². The molecule has 0 heterocycles. The van der Waals surface area contributed by atoms with Gasteiger partial charge < -0.3 is 10.2 Å². The van der Waals surface area contributed by atoms with Crippen molar-refractivity contribution in [2.45, 2.75) is 37.8 Å². The molecule has 1 unspecified atom stereocenters. The van der Waals surface area contributed by atoms with E-state index in [1.807, 2.05) is 74.5 Å². The van der Waals surface area contributed by atoms with E-state index in [4.69, 9.17) is 11.6 Å². The molecule has 0 fully saturated rings. The fourth-order valence-corrected chi connectivity index (χ4v) is 6.17. The molecule has 1 N–H and O–H groups in total. The quantitative estimate of drug-likeness (QED) is 0.201. The first-order chi connectivity index (χ1) is 20.6. The smallest absolute Gasteiger partial charge is 0.264 e. The van der Waals surface area contributed by atoms with Gasteiger partial charge in [0.05, 0.1) is 10.6 Å². The number of rotatable bonds is 13. The monoisotopic (exact) mass is 617 g/mol. The second-order valence-electron chi connectivity index (χ2n) is 10.7. The molecule has 0 spiro atoms. The van der Waals surface area contributed by atoms with Crippen LogP contribution in [-0.4, -0.2) is 44.3 Å². The fraction of sp³-hybridized carbons (Fsp3) is 0.235. The van der Waals surface area contributed by atoms with Crippen LogP contribution in [0.4, 0.5) is 5.69 Å². The predicted molar refractivity (Wildman–Crippen MR) is 171 cm³/mol. The molecule has 1 atom stereocenters. The second kappa shape index (κ2) is 14.8. The van der Waals surface area contributed by atoms with Crippen LogP contribution in [0.5, 0.6) is 0 Å². The van der Waals surface area contributed by atoms with Gasteiger partial charge in [0.25, 0.3) is 10.0 Å². The number of amides is 2. The molecule has 43 heavy (non-hydrogen) atoms. The lowest BCUT2D eigenvalue weighted by Crippen LogP contribution is -2.53. The minimum atomic E-state index is -4.15. The lowest BCUT2D eigenvalue weighted by molar-refractivity contribution is -0.140. The van der Waals surface area contributed by atoms with Gasteiger partial charge in [0.2, 0.25) is 11.8 Å². The summed E-state index contributed by atoms with van der Waals surface area (Å²) in [7, 11) is -4.15. The van der Waals surface area contributed by atoms with Crippen molar-refractivity contribution in [3.63, 3.8) is 0 Å². The molecule has 224 valence electrons. The Morgan fingerprint density at radius 2 is 1.30 bits per heavy atom. The van der Waals surface area contributed by atoms with E-state index < -0.39 is 28.5 Å². The third kappa shape index (κ3) is 8.69. The zero-order valence-corrected chi connectivity index (χ0v) is 25.8. The van der Waals surface area contributed by atoms with Crippen molar-refractivity contribution < 1.29 is 18.0 Å². The Hall–Kier alpha value is -4.14. The van der Waals surface area contributed by atoms with Gasteiger partial charge in [-0.1, -0.05) is 104 Å². The topological polar surface area (TPSA) is 86.8 Å². The summed E-state index contributed by atoms with van der Waals surface area (Å²) in [6, 6.07) is 32.2. The van der Waals surface area contributed by atoms with Gasteiger partial charge in [0.1, 0.15) is 12.6 Å². The van der Waals surface area contributed by atoms with Crippen LogP contribution in [0.2, 0.25) is 5.02 Å². The Bertz CT molecular complexity index is 1580. The van der Waals surface area contributed by atoms with Crippen molar-refractivity contribution in [1.82, 2.24) is 10.2 Å². The van der Waals surface area contributed by atoms with Crippen LogP contribution in [0.25, 0.3) is 0 Å². The third-order valence-corrected chi connectivity index (χ3v) is 8.92. The molecule has 9 heteroatoms. The summed E-state index contributed by atoms with van der Waals surface area (Å²) in [5.74, 6) is -0.610. The molecule has 0 saturated heterocycles. The molecule has 0 bridgehead atoms. The number of anilines is 1. The molecular weight excluding hydrogens is 582 g/mol. The summed E-state index contributed by atoms with van der Waals surface area (Å²) in [6.07, 6.45) is 0.260. The van der Waals surface area contributed by atoms with Gasteiger partial charge in [0, 0.05) is 24.5 Å². The van der Waals surface area contributed by atoms with Crippen LogP contribution < -0.4 is 9.62 Å². The maximum atomic E-state index is 14.4. The molecule has 0 aliphatic rings. The summed E-state index contributed by atoms with van der Waals surface area (Å²) >= 11 is 6.11. The average molecular weight is 618 g/mol. The van der Waals surface area contributed by atoms with Gasteiger partial charge in [-0.05, 0) is 53.4 Å². The first-order valence-electron chi connectivity index (χ1n) is 14.1. The highest BCUT2D eigenvalue weighted by atomic mass is 35.5. The van der Waals surface area contributed by atoms with E-state index in [1.165, 1.54) is 17.0 Å². The number of sulfonamides is 1. The van der Waals surface area contributed by atoms with E-state index in [0.29, 0.717) is 11.6 Å². The molecular formula is C34H36ClN3O4S. The number of benzene rings is 4. The van der Waals surface area contributed by atoms with Crippen LogP contribution >= 0.6 is 11.6 Å². The number of nitrogens with one attached hydrogen (secondary N) is 1. The molecule has 0 saturated carbocycles. The van der Waals surface area contributed by atoms with Crippen LogP contribution in [0.3, 0.4) is 0 Å². The Labute approximate surface area is 259 Å². The first kappa shape index (κ1) is 31.8. The van der Waals surface area contributed by atoms with E-state index in [2.05, 4.69) is 5.32 Å². The predicted octanol–water partition coefficient (Wildman–Crippen LogP) is 5.95. The number of hydrogen-bond donors (Lipinski definition) is 1. The third-order valence-electron chi connectivity index (χ3n) is 6.88. The van der Waals surface area contributed by atoms with Crippen molar-refractivity contribution in [2.24, 2.45) is 5.92 Å². The number of carbonyl (C=O) groups is 2. The summed E-state index contributed by atoms with van der Waals surface area (Å²) in [5, 5.41) is 3.42. The second-order valence-corrected chi connectivity index (χ2v) is 13.0. The minimum absolute atomic E-state index is 0.0443. The summed E-state index contributed by atoms with van der Waals surface area (Å²) < 4.78 is 29.0. The van der Waals surface area contributed by atoms with Gasteiger partial charge >= 0.3 is 0 Å². The molecule has 2 amide bonds. The Kier molecular flexibility index (Phi) is 11.0. The maximum Gasteiger partial charge on any atom is 0.264 e. The van der Waals surface area contributed by atoms with Gasteiger partial charge in [-0.15, -0.1) is 0 Å². The SMILES string of the molecule is CC(C)CNC(=O)C(Cc1ccccc1)N(Cc1ccccc1)C(=O)CN(c1ccc(Cl)cc1)S(=O)(=O)c1ccccc1. The number of carbonyl (C=O) groups excluding carboxylic acids is 2. The number of hydrogen-bond acceptors (Lipinski definition) is 4. The molecule has 0 aromatic heterocycles. The van der Waals surface area contributed by atoms with Crippen LogP contribution in [-0.2, 0) is 32.6 Å². The van der Waals surface area contributed by atoms with Gasteiger partial charge in [-0.2, -0.15) is 0 Å². The van der Waals surface area contributed by atoms with Crippen molar-refractivity contribution >= 4 is 39.1 Å². The number of nitrogens with zero attached hydrogens (tertiary/aromatic N) is 2.